The van der Waals surface area contributed by atoms with Gasteiger partial charge in [0, 0.05) is 22.8 Å². The first-order chi connectivity index (χ1) is 14.3. The molecule has 0 bridgehead atoms. The Kier molecular flexibility index (Phi) is 5.06. The molecule has 2 N–H and O–H groups in total. The zero-order chi connectivity index (χ0) is 21.5. The van der Waals surface area contributed by atoms with Crippen LogP contribution >= 0.6 is 0 Å². The number of alkyl halides is 3. The summed E-state index contributed by atoms with van der Waals surface area (Å²) < 4.78 is 42.7. The molecule has 0 unspecified atom stereocenters. The first-order valence-electron chi connectivity index (χ1n) is 9.79. The number of aromatic nitrogens is 3. The van der Waals surface area contributed by atoms with Gasteiger partial charge in [-0.25, -0.2) is 4.52 Å². The van der Waals surface area contributed by atoms with Gasteiger partial charge in [0.05, 0.1) is 5.69 Å². The summed E-state index contributed by atoms with van der Waals surface area (Å²) in [5.74, 6) is 5.00. The van der Waals surface area contributed by atoms with Crippen molar-refractivity contribution in [3.63, 3.8) is 0 Å². The van der Waals surface area contributed by atoms with Gasteiger partial charge >= 0.3 is 6.18 Å². The molecule has 0 atom stereocenters. The van der Waals surface area contributed by atoms with E-state index in [1.165, 1.54) is 12.1 Å². The van der Waals surface area contributed by atoms with E-state index in [-0.39, 0.29) is 34.1 Å². The minimum atomic E-state index is -4.66. The maximum atomic E-state index is 13.9. The third-order valence-corrected chi connectivity index (χ3v) is 5.48. The molecule has 1 fully saturated rings. The Morgan fingerprint density at radius 2 is 1.93 bits per heavy atom. The molecule has 0 radical (unpaired) electrons. The number of H-pyrrole nitrogens is 1. The van der Waals surface area contributed by atoms with Crippen molar-refractivity contribution in [2.75, 3.05) is 0 Å². The summed E-state index contributed by atoms with van der Waals surface area (Å²) in [5.41, 5.74) is -0.610. The second-order valence-electron chi connectivity index (χ2n) is 7.48. The van der Waals surface area contributed by atoms with Crippen LogP contribution in [0.15, 0.2) is 29.1 Å². The van der Waals surface area contributed by atoms with E-state index in [0.717, 1.165) is 29.8 Å². The van der Waals surface area contributed by atoms with Crippen LogP contribution in [0.4, 0.5) is 13.2 Å². The maximum absolute atomic E-state index is 13.9. The zero-order valence-electron chi connectivity index (χ0n) is 16.3. The molecule has 1 aliphatic carbocycles. The number of nitrogens with one attached hydrogen (secondary N) is 1. The van der Waals surface area contributed by atoms with Crippen LogP contribution in [-0.4, -0.2) is 19.7 Å². The Bertz CT molecular complexity index is 1220. The van der Waals surface area contributed by atoms with Gasteiger partial charge in [0.25, 0.3) is 5.56 Å². The predicted octanol–water partition coefficient (Wildman–Crippen LogP) is 4.83. The standard InChI is InChI=1S/C22H20F3N3O2/c1-2-6-13-9-10-15(17(29)11-13)16-12-18(30)26-21-19(14-7-4-3-5-8-14)20(22(23,24)25)27-28(16)21/h9-12,14,29H,3-5,7-8H2,1H3,(H,26,30). The van der Waals surface area contributed by atoms with Gasteiger partial charge in [0.2, 0.25) is 0 Å². The van der Waals surface area contributed by atoms with Crippen LogP contribution in [0.1, 0.15) is 61.8 Å². The normalized spacial score (nSPS) is 15.2. The molecule has 156 valence electrons. The summed E-state index contributed by atoms with van der Waals surface area (Å²) in [6.45, 7) is 1.65. The highest BCUT2D eigenvalue weighted by molar-refractivity contribution is 5.71. The van der Waals surface area contributed by atoms with Crippen molar-refractivity contribution in [3.05, 3.63) is 51.4 Å². The lowest BCUT2D eigenvalue weighted by molar-refractivity contribution is -0.142. The lowest BCUT2D eigenvalue weighted by Crippen LogP contribution is -2.14. The molecule has 1 saturated carbocycles. The Labute approximate surface area is 170 Å². The van der Waals surface area contributed by atoms with Crippen molar-refractivity contribution >= 4 is 5.65 Å². The van der Waals surface area contributed by atoms with Crippen LogP contribution in [0.2, 0.25) is 0 Å². The van der Waals surface area contributed by atoms with Gasteiger partial charge in [-0.3, -0.25) is 4.79 Å². The van der Waals surface area contributed by atoms with E-state index in [0.29, 0.717) is 18.4 Å². The van der Waals surface area contributed by atoms with Gasteiger partial charge in [-0.15, -0.1) is 5.92 Å². The smallest absolute Gasteiger partial charge is 0.435 e. The zero-order valence-corrected chi connectivity index (χ0v) is 16.3. The summed E-state index contributed by atoms with van der Waals surface area (Å²) in [7, 11) is 0. The highest BCUT2D eigenvalue weighted by atomic mass is 19.4. The Balaban J connectivity index is 2.00. The quantitative estimate of drug-likeness (QED) is 0.589. The van der Waals surface area contributed by atoms with Gasteiger partial charge in [0.15, 0.2) is 5.69 Å². The van der Waals surface area contributed by atoms with Crippen molar-refractivity contribution in [2.45, 2.75) is 51.1 Å². The van der Waals surface area contributed by atoms with Crippen molar-refractivity contribution in [2.24, 2.45) is 0 Å². The minimum Gasteiger partial charge on any atom is -0.507 e. The largest absolute Gasteiger partial charge is 0.507 e. The van der Waals surface area contributed by atoms with E-state index in [4.69, 9.17) is 0 Å². The summed E-state index contributed by atoms with van der Waals surface area (Å²) >= 11 is 0. The van der Waals surface area contributed by atoms with Crippen LogP contribution in [0.25, 0.3) is 16.9 Å². The number of aromatic amines is 1. The summed E-state index contributed by atoms with van der Waals surface area (Å²) in [5, 5.41) is 14.3. The molecule has 5 nitrogen and oxygen atoms in total. The summed E-state index contributed by atoms with van der Waals surface area (Å²) in [6, 6.07) is 5.72. The number of nitrogens with zero attached hydrogens (tertiary/aromatic N) is 2. The lowest BCUT2D eigenvalue weighted by atomic mass is 9.84. The lowest BCUT2D eigenvalue weighted by Gasteiger charge is -2.22. The van der Waals surface area contributed by atoms with Gasteiger partial charge in [-0.2, -0.15) is 18.3 Å². The van der Waals surface area contributed by atoms with Gasteiger partial charge < -0.3 is 10.1 Å². The molecule has 2 aromatic heterocycles. The van der Waals surface area contributed by atoms with E-state index in [2.05, 4.69) is 21.9 Å². The molecule has 1 aromatic carbocycles. The third kappa shape index (κ3) is 3.56. The molecule has 4 rings (SSSR count). The van der Waals surface area contributed by atoms with Crippen molar-refractivity contribution in [1.82, 2.24) is 14.6 Å². The molecule has 3 aromatic rings. The van der Waals surface area contributed by atoms with Gasteiger partial charge in [-0.1, -0.05) is 25.2 Å². The first-order valence-corrected chi connectivity index (χ1v) is 9.79. The van der Waals surface area contributed by atoms with E-state index in [1.54, 1.807) is 13.0 Å². The van der Waals surface area contributed by atoms with E-state index < -0.39 is 17.4 Å². The number of fused-ring (bicyclic) bond motifs is 1. The number of halogens is 3. The number of hydrogen-bond donors (Lipinski definition) is 2. The molecule has 0 saturated heterocycles. The van der Waals surface area contributed by atoms with Crippen molar-refractivity contribution in [3.8, 4) is 28.8 Å². The van der Waals surface area contributed by atoms with Crippen LogP contribution < -0.4 is 5.56 Å². The number of aromatic hydroxyl groups is 1. The third-order valence-electron chi connectivity index (χ3n) is 5.48. The van der Waals surface area contributed by atoms with E-state index >= 15 is 0 Å². The SMILES string of the molecule is CC#Cc1ccc(-c2cc(=O)[nH]c3c(C4CCCCC4)c(C(F)(F)F)nn23)c(O)c1. The maximum Gasteiger partial charge on any atom is 0.435 e. The molecule has 0 spiro atoms. The van der Waals surface area contributed by atoms with Crippen molar-refractivity contribution < 1.29 is 18.3 Å². The van der Waals surface area contributed by atoms with E-state index in [9.17, 15) is 23.1 Å². The van der Waals surface area contributed by atoms with Crippen LogP contribution in [0.5, 0.6) is 5.75 Å². The van der Waals surface area contributed by atoms with E-state index in [1.807, 2.05) is 0 Å². The monoisotopic (exact) mass is 415 g/mol. The fourth-order valence-electron chi connectivity index (χ4n) is 4.21. The molecule has 30 heavy (non-hydrogen) atoms. The Morgan fingerprint density at radius 1 is 1.20 bits per heavy atom. The predicted molar refractivity (Wildman–Crippen MR) is 106 cm³/mol. The molecular weight excluding hydrogens is 395 g/mol. The summed E-state index contributed by atoms with van der Waals surface area (Å²) in [6.07, 6.45) is -0.762. The van der Waals surface area contributed by atoms with Gasteiger partial charge in [-0.05, 0) is 43.9 Å². The molecule has 0 amide bonds. The van der Waals surface area contributed by atoms with Crippen molar-refractivity contribution in [1.29, 1.82) is 0 Å². The number of phenolic OH excluding ortho intramolecular Hbond substituents is 1. The minimum absolute atomic E-state index is 0.0357. The van der Waals surface area contributed by atoms with Gasteiger partial charge in [0.1, 0.15) is 11.4 Å². The molecular formula is C22H20F3N3O2. The average Bonchev–Trinajstić information content (AvgIpc) is 3.08. The number of hydrogen-bond acceptors (Lipinski definition) is 3. The van der Waals surface area contributed by atoms with Crippen LogP contribution in [-0.2, 0) is 6.18 Å². The average molecular weight is 415 g/mol. The van der Waals surface area contributed by atoms with Crippen LogP contribution in [0.3, 0.4) is 0 Å². The highest BCUT2D eigenvalue weighted by Crippen LogP contribution is 2.42. The molecule has 8 heteroatoms. The number of rotatable bonds is 2. The second kappa shape index (κ2) is 7.56. The molecule has 2 heterocycles. The first kappa shape index (κ1) is 20.1. The second-order valence-corrected chi connectivity index (χ2v) is 7.48. The topological polar surface area (TPSA) is 70.4 Å². The Morgan fingerprint density at radius 3 is 2.57 bits per heavy atom. The molecule has 0 aliphatic heterocycles. The van der Waals surface area contributed by atoms with Crippen LogP contribution in [0, 0.1) is 11.8 Å². The fraction of sp³-hybridized carbons (Fsp3) is 0.364. The highest BCUT2D eigenvalue weighted by Gasteiger charge is 2.41. The summed E-state index contributed by atoms with van der Waals surface area (Å²) in [4.78, 5) is 14.9. The number of benzene rings is 1. The fourth-order valence-corrected chi connectivity index (χ4v) is 4.21. The molecule has 1 aliphatic rings. The number of phenols is 1. The Hall–Kier alpha value is -3.21.